The van der Waals surface area contributed by atoms with E-state index in [9.17, 15) is 0 Å². The van der Waals surface area contributed by atoms with Gasteiger partial charge in [-0.3, -0.25) is 0 Å². The molecule has 2 aliphatic heterocycles. The zero-order valence-electron chi connectivity index (χ0n) is 16.4. The zero-order valence-corrected chi connectivity index (χ0v) is 16.4. The summed E-state index contributed by atoms with van der Waals surface area (Å²) >= 11 is 0. The van der Waals surface area contributed by atoms with Crippen LogP contribution in [0.1, 0.15) is 66.2 Å². The first-order chi connectivity index (χ1) is 12.0. The molecule has 5 nitrogen and oxygen atoms in total. The molecule has 0 aromatic heterocycles. The molecule has 146 valence electrons. The summed E-state index contributed by atoms with van der Waals surface area (Å²) in [6.45, 7) is 13.9. The van der Waals surface area contributed by atoms with Crippen LogP contribution in [-0.4, -0.2) is 49.7 Å². The second-order valence-corrected chi connectivity index (χ2v) is 7.53. The maximum Gasteiger partial charge on any atom is 0.190 e. The average Bonchev–Trinajstić information content (AvgIpc) is 3.00. The Morgan fingerprint density at radius 3 is 2.44 bits per heavy atom. The molecule has 0 bridgehead atoms. The summed E-state index contributed by atoms with van der Waals surface area (Å²) in [5.41, 5.74) is -0.540. The molecule has 0 saturated carbocycles. The lowest BCUT2D eigenvalue weighted by Gasteiger charge is -2.36. The molecule has 0 radical (unpaired) electrons. The van der Waals surface area contributed by atoms with Gasteiger partial charge in [0.25, 0.3) is 0 Å². The monoisotopic (exact) mass is 356 g/mol. The van der Waals surface area contributed by atoms with Gasteiger partial charge in [0.15, 0.2) is 12.1 Å². The summed E-state index contributed by atoms with van der Waals surface area (Å²) in [6.07, 6.45) is 7.02. The molecule has 2 aliphatic rings. The first-order valence-electron chi connectivity index (χ1n) is 9.81. The fourth-order valence-electron chi connectivity index (χ4n) is 3.48. The number of unbranched alkanes of at least 4 members (excludes halogenated alkanes) is 2. The first-order valence-corrected chi connectivity index (χ1v) is 9.81. The number of rotatable bonds is 12. The maximum absolute atomic E-state index is 6.39. The van der Waals surface area contributed by atoms with Gasteiger partial charge < -0.3 is 23.7 Å². The second kappa shape index (κ2) is 9.47. The van der Waals surface area contributed by atoms with E-state index in [4.69, 9.17) is 23.7 Å². The Morgan fingerprint density at radius 2 is 1.76 bits per heavy atom. The summed E-state index contributed by atoms with van der Waals surface area (Å²) in [6, 6.07) is 0. The smallest absolute Gasteiger partial charge is 0.190 e. The van der Waals surface area contributed by atoms with E-state index in [1.165, 1.54) is 0 Å². The van der Waals surface area contributed by atoms with E-state index in [1.54, 1.807) is 0 Å². The molecule has 0 aliphatic carbocycles. The minimum absolute atomic E-state index is 0.188. The van der Waals surface area contributed by atoms with Crippen LogP contribution in [0.4, 0.5) is 0 Å². The van der Waals surface area contributed by atoms with Gasteiger partial charge in [-0.05, 0) is 39.5 Å². The van der Waals surface area contributed by atoms with Gasteiger partial charge in [0.2, 0.25) is 0 Å². The van der Waals surface area contributed by atoms with Crippen molar-refractivity contribution in [1.29, 1.82) is 0 Å². The van der Waals surface area contributed by atoms with Crippen molar-refractivity contribution in [3.8, 4) is 0 Å². The number of ether oxygens (including phenoxy) is 5. The fraction of sp³-hybridized carbons (Fsp3) is 0.900. The predicted molar refractivity (Wildman–Crippen MR) is 97.4 cm³/mol. The highest BCUT2D eigenvalue weighted by atomic mass is 16.8. The second-order valence-electron chi connectivity index (χ2n) is 7.53. The van der Waals surface area contributed by atoms with Crippen molar-refractivity contribution >= 4 is 0 Å². The van der Waals surface area contributed by atoms with E-state index in [-0.39, 0.29) is 12.2 Å². The third kappa shape index (κ3) is 5.27. The topological polar surface area (TPSA) is 46.2 Å². The standard InChI is InChI=1S/C20H36O5/c1-6-9-12-20(15-21-13-10-7-2)17(22-14-11-8-3)16-18(25-20)24-19(4,5)23-16/h6,16-18H,1,7-15H2,2-5H3/t16?,17?,18-,20+/m0/s1. The molecule has 0 spiro atoms. The van der Waals surface area contributed by atoms with Crippen molar-refractivity contribution in [3.05, 3.63) is 12.7 Å². The van der Waals surface area contributed by atoms with E-state index in [0.717, 1.165) is 45.1 Å². The van der Waals surface area contributed by atoms with E-state index in [0.29, 0.717) is 13.2 Å². The molecule has 0 aromatic rings. The van der Waals surface area contributed by atoms with Crippen molar-refractivity contribution in [1.82, 2.24) is 0 Å². The molecule has 2 unspecified atom stereocenters. The highest BCUT2D eigenvalue weighted by Gasteiger charge is 2.62. The molecule has 0 amide bonds. The van der Waals surface area contributed by atoms with Crippen molar-refractivity contribution in [2.24, 2.45) is 0 Å². The molecule has 0 aromatic carbocycles. The molecule has 5 heteroatoms. The lowest BCUT2D eigenvalue weighted by molar-refractivity contribution is -0.254. The van der Waals surface area contributed by atoms with Gasteiger partial charge in [-0.25, -0.2) is 0 Å². The number of hydrogen-bond donors (Lipinski definition) is 0. The third-order valence-electron chi connectivity index (χ3n) is 4.81. The summed E-state index contributed by atoms with van der Waals surface area (Å²) in [4.78, 5) is 0. The molecule has 25 heavy (non-hydrogen) atoms. The minimum Gasteiger partial charge on any atom is -0.378 e. The Kier molecular flexibility index (Phi) is 7.90. The van der Waals surface area contributed by atoms with Crippen LogP contribution in [0, 0.1) is 0 Å². The summed E-state index contributed by atoms with van der Waals surface area (Å²) < 4.78 is 30.7. The fourth-order valence-corrected chi connectivity index (χ4v) is 3.48. The highest BCUT2D eigenvalue weighted by Crippen LogP contribution is 2.46. The predicted octanol–water partition coefficient (Wildman–Crippen LogP) is 4.20. The SMILES string of the molecule is C=CCC[C@]1(COCCCC)O[C@@H]2OC(C)(C)OC2C1OCCCC. The van der Waals surface area contributed by atoms with Gasteiger partial charge in [-0.1, -0.05) is 32.8 Å². The lowest BCUT2D eigenvalue weighted by Crippen LogP contribution is -2.50. The van der Waals surface area contributed by atoms with Crippen molar-refractivity contribution < 1.29 is 23.7 Å². The molecule has 4 atom stereocenters. The Morgan fingerprint density at radius 1 is 1.04 bits per heavy atom. The first kappa shape index (κ1) is 20.8. The van der Waals surface area contributed by atoms with Gasteiger partial charge in [-0.15, -0.1) is 6.58 Å². The van der Waals surface area contributed by atoms with Crippen LogP contribution in [-0.2, 0) is 23.7 Å². The van der Waals surface area contributed by atoms with E-state index in [1.807, 2.05) is 19.9 Å². The molecule has 2 rings (SSSR count). The Balaban J connectivity index is 2.13. The van der Waals surface area contributed by atoms with Gasteiger partial charge in [0.1, 0.15) is 17.8 Å². The van der Waals surface area contributed by atoms with Crippen LogP contribution < -0.4 is 0 Å². The summed E-state index contributed by atoms with van der Waals surface area (Å²) in [5.74, 6) is -0.643. The van der Waals surface area contributed by atoms with Crippen molar-refractivity contribution in [2.75, 3.05) is 19.8 Å². The van der Waals surface area contributed by atoms with Gasteiger partial charge >= 0.3 is 0 Å². The number of hydrogen-bond acceptors (Lipinski definition) is 5. The van der Waals surface area contributed by atoms with Gasteiger partial charge in [0.05, 0.1) is 6.61 Å². The van der Waals surface area contributed by atoms with E-state index in [2.05, 4.69) is 20.4 Å². The van der Waals surface area contributed by atoms with Crippen molar-refractivity contribution in [2.45, 2.75) is 96.1 Å². The Bertz CT molecular complexity index is 411. The minimum atomic E-state index is -0.643. The molecule has 2 saturated heterocycles. The summed E-state index contributed by atoms with van der Waals surface area (Å²) in [7, 11) is 0. The Hall–Kier alpha value is -0.460. The largest absolute Gasteiger partial charge is 0.378 e. The Labute approximate surface area is 153 Å². The number of allylic oxidation sites excluding steroid dienone is 1. The van der Waals surface area contributed by atoms with Crippen molar-refractivity contribution in [3.63, 3.8) is 0 Å². The van der Waals surface area contributed by atoms with Crippen LogP contribution in [0.5, 0.6) is 0 Å². The molecular formula is C20H36O5. The summed E-state index contributed by atoms with van der Waals surface area (Å²) in [5, 5.41) is 0. The van der Waals surface area contributed by atoms with E-state index >= 15 is 0 Å². The van der Waals surface area contributed by atoms with Crippen LogP contribution in [0.25, 0.3) is 0 Å². The quantitative estimate of drug-likeness (QED) is 0.387. The zero-order chi connectivity index (χ0) is 18.3. The van der Waals surface area contributed by atoms with Gasteiger partial charge in [-0.2, -0.15) is 0 Å². The highest BCUT2D eigenvalue weighted by molar-refractivity contribution is 5.05. The van der Waals surface area contributed by atoms with E-state index < -0.39 is 17.7 Å². The van der Waals surface area contributed by atoms with Crippen LogP contribution >= 0.6 is 0 Å². The third-order valence-corrected chi connectivity index (χ3v) is 4.81. The normalized spacial score (nSPS) is 33.5. The molecule has 2 heterocycles. The molecule has 2 fully saturated rings. The molecule has 0 N–H and O–H groups in total. The number of fused-ring (bicyclic) bond motifs is 1. The molecular weight excluding hydrogens is 320 g/mol. The lowest BCUT2D eigenvalue weighted by atomic mass is 9.90. The maximum atomic E-state index is 6.39. The van der Waals surface area contributed by atoms with Gasteiger partial charge in [0, 0.05) is 13.2 Å². The van der Waals surface area contributed by atoms with Crippen LogP contribution in [0.3, 0.4) is 0 Å². The average molecular weight is 357 g/mol. The van der Waals surface area contributed by atoms with Crippen LogP contribution in [0.2, 0.25) is 0 Å². The van der Waals surface area contributed by atoms with Crippen LogP contribution in [0.15, 0.2) is 12.7 Å².